The standard InChI is InChI=1S/C12H10N2O/c1-8-2-3-9-10(12(15)4-5-13)7-14-11(9)6-8/h2-3,6-7,14H,4H2,1H3. The fourth-order valence-corrected chi connectivity index (χ4v) is 1.64. The quantitative estimate of drug-likeness (QED) is 0.754. The van der Waals surface area contributed by atoms with Crippen molar-refractivity contribution in [3.8, 4) is 6.07 Å². The van der Waals surface area contributed by atoms with Gasteiger partial charge in [0.2, 0.25) is 0 Å². The zero-order valence-electron chi connectivity index (χ0n) is 8.37. The van der Waals surface area contributed by atoms with Crippen LogP contribution in [0.3, 0.4) is 0 Å². The Balaban J connectivity index is 2.55. The Bertz CT molecular complexity index is 560. The summed E-state index contributed by atoms with van der Waals surface area (Å²) >= 11 is 0. The first-order valence-corrected chi connectivity index (χ1v) is 4.70. The Hall–Kier alpha value is -2.08. The number of nitrogens with one attached hydrogen (secondary N) is 1. The summed E-state index contributed by atoms with van der Waals surface area (Å²) in [5.41, 5.74) is 2.69. The summed E-state index contributed by atoms with van der Waals surface area (Å²) < 4.78 is 0. The first-order valence-electron chi connectivity index (χ1n) is 4.70. The first kappa shape index (κ1) is 9.47. The molecule has 1 heterocycles. The predicted molar refractivity (Wildman–Crippen MR) is 57.6 cm³/mol. The second-order valence-corrected chi connectivity index (χ2v) is 3.51. The molecule has 1 aromatic carbocycles. The summed E-state index contributed by atoms with van der Waals surface area (Å²) in [4.78, 5) is 14.6. The van der Waals surface area contributed by atoms with Crippen LogP contribution < -0.4 is 0 Å². The lowest BCUT2D eigenvalue weighted by Gasteiger charge is -1.95. The molecule has 3 nitrogen and oxygen atoms in total. The molecule has 1 aromatic heterocycles. The number of nitrogens with zero attached hydrogens (tertiary/aromatic N) is 1. The van der Waals surface area contributed by atoms with E-state index in [1.54, 1.807) is 6.20 Å². The van der Waals surface area contributed by atoms with Gasteiger partial charge in [-0.25, -0.2) is 0 Å². The highest BCUT2D eigenvalue weighted by atomic mass is 16.1. The zero-order valence-corrected chi connectivity index (χ0v) is 8.37. The molecule has 0 saturated heterocycles. The van der Waals surface area contributed by atoms with Gasteiger partial charge in [-0.05, 0) is 18.6 Å². The van der Waals surface area contributed by atoms with Crippen LogP contribution in [-0.4, -0.2) is 10.8 Å². The number of aryl methyl sites for hydroxylation is 1. The van der Waals surface area contributed by atoms with Crippen molar-refractivity contribution in [2.24, 2.45) is 0 Å². The van der Waals surface area contributed by atoms with E-state index in [1.807, 2.05) is 31.2 Å². The van der Waals surface area contributed by atoms with Crippen LogP contribution in [0.25, 0.3) is 10.9 Å². The molecule has 15 heavy (non-hydrogen) atoms. The number of H-pyrrole nitrogens is 1. The number of carbonyl (C=O) groups is 1. The van der Waals surface area contributed by atoms with Crippen LogP contribution in [0.15, 0.2) is 24.4 Å². The van der Waals surface area contributed by atoms with Gasteiger partial charge < -0.3 is 4.98 Å². The maximum absolute atomic E-state index is 11.6. The summed E-state index contributed by atoms with van der Waals surface area (Å²) in [6.07, 6.45) is 1.60. The number of benzene rings is 1. The van der Waals surface area contributed by atoms with Crippen LogP contribution in [0.1, 0.15) is 22.3 Å². The molecule has 0 aliphatic heterocycles. The van der Waals surface area contributed by atoms with Crippen molar-refractivity contribution < 1.29 is 4.79 Å². The third kappa shape index (κ3) is 1.62. The molecular formula is C12H10N2O. The molecule has 0 atom stereocenters. The highest BCUT2D eigenvalue weighted by Gasteiger charge is 2.10. The van der Waals surface area contributed by atoms with Crippen molar-refractivity contribution >= 4 is 16.7 Å². The number of hydrogen-bond acceptors (Lipinski definition) is 2. The molecule has 3 heteroatoms. The number of nitriles is 1. The van der Waals surface area contributed by atoms with Crippen LogP contribution >= 0.6 is 0 Å². The number of carbonyl (C=O) groups excluding carboxylic acids is 1. The van der Waals surface area contributed by atoms with Gasteiger partial charge in [-0.1, -0.05) is 12.1 Å². The fourth-order valence-electron chi connectivity index (χ4n) is 1.64. The number of ketones is 1. The van der Waals surface area contributed by atoms with Crippen molar-refractivity contribution in [2.45, 2.75) is 13.3 Å². The van der Waals surface area contributed by atoms with Gasteiger partial charge in [-0.3, -0.25) is 4.79 Å². The largest absolute Gasteiger partial charge is 0.360 e. The molecule has 1 N–H and O–H groups in total. The van der Waals surface area contributed by atoms with E-state index in [-0.39, 0.29) is 12.2 Å². The molecule has 2 aromatic rings. The Morgan fingerprint density at radius 2 is 2.33 bits per heavy atom. The molecule has 0 amide bonds. The predicted octanol–water partition coefficient (Wildman–Crippen LogP) is 2.57. The Labute approximate surface area is 87.3 Å². The fraction of sp³-hybridized carbons (Fsp3) is 0.167. The third-order valence-electron chi connectivity index (χ3n) is 2.38. The Morgan fingerprint density at radius 1 is 1.53 bits per heavy atom. The van der Waals surface area contributed by atoms with E-state index in [0.29, 0.717) is 5.56 Å². The molecule has 0 aliphatic carbocycles. The number of aromatic amines is 1. The van der Waals surface area contributed by atoms with Gasteiger partial charge in [0.15, 0.2) is 5.78 Å². The normalized spacial score (nSPS) is 10.1. The minimum atomic E-state index is -0.132. The first-order chi connectivity index (χ1) is 7.22. The maximum Gasteiger partial charge on any atom is 0.179 e. The van der Waals surface area contributed by atoms with Crippen LogP contribution in [0.4, 0.5) is 0 Å². The summed E-state index contributed by atoms with van der Waals surface area (Å²) in [6, 6.07) is 7.72. The average Bonchev–Trinajstić information content (AvgIpc) is 2.60. The van der Waals surface area contributed by atoms with Crippen molar-refractivity contribution in [3.05, 3.63) is 35.5 Å². The van der Waals surface area contributed by atoms with Crippen LogP contribution in [0.2, 0.25) is 0 Å². The highest BCUT2D eigenvalue weighted by Crippen LogP contribution is 2.20. The third-order valence-corrected chi connectivity index (χ3v) is 2.38. The van der Waals surface area contributed by atoms with Crippen molar-refractivity contribution in [1.82, 2.24) is 4.98 Å². The van der Waals surface area contributed by atoms with E-state index in [4.69, 9.17) is 5.26 Å². The van der Waals surface area contributed by atoms with E-state index in [0.717, 1.165) is 16.5 Å². The Morgan fingerprint density at radius 3 is 3.07 bits per heavy atom. The number of Topliss-reactive ketones (excluding diaryl/α,β-unsaturated/α-hetero) is 1. The van der Waals surface area contributed by atoms with Gasteiger partial charge in [-0.15, -0.1) is 0 Å². The molecule has 0 unspecified atom stereocenters. The lowest BCUT2D eigenvalue weighted by Crippen LogP contribution is -1.95. The highest BCUT2D eigenvalue weighted by molar-refractivity contribution is 6.08. The Kier molecular flexibility index (Phi) is 2.26. The van der Waals surface area contributed by atoms with Crippen molar-refractivity contribution in [1.29, 1.82) is 5.26 Å². The second kappa shape index (κ2) is 3.58. The smallest absolute Gasteiger partial charge is 0.179 e. The zero-order chi connectivity index (χ0) is 10.8. The van der Waals surface area contributed by atoms with Crippen LogP contribution in [0, 0.1) is 18.3 Å². The second-order valence-electron chi connectivity index (χ2n) is 3.51. The molecule has 0 fully saturated rings. The number of fused-ring (bicyclic) bond motifs is 1. The molecule has 0 spiro atoms. The number of rotatable bonds is 2. The van der Waals surface area contributed by atoms with E-state index >= 15 is 0 Å². The summed E-state index contributed by atoms with van der Waals surface area (Å²) in [6.45, 7) is 2.00. The maximum atomic E-state index is 11.6. The lowest BCUT2D eigenvalue weighted by molar-refractivity contribution is 0.0999. The van der Waals surface area contributed by atoms with Crippen molar-refractivity contribution in [3.63, 3.8) is 0 Å². The minimum Gasteiger partial charge on any atom is -0.360 e. The molecule has 2 rings (SSSR count). The summed E-state index contributed by atoms with van der Waals surface area (Å²) in [5.74, 6) is -0.132. The van der Waals surface area contributed by atoms with Gasteiger partial charge in [-0.2, -0.15) is 5.26 Å². The van der Waals surface area contributed by atoms with Gasteiger partial charge in [0.1, 0.15) is 0 Å². The topological polar surface area (TPSA) is 56.6 Å². The number of aromatic nitrogens is 1. The molecule has 0 aliphatic rings. The average molecular weight is 198 g/mol. The van der Waals surface area contributed by atoms with E-state index in [9.17, 15) is 4.79 Å². The summed E-state index contributed by atoms with van der Waals surface area (Å²) in [5, 5.41) is 9.36. The van der Waals surface area contributed by atoms with Gasteiger partial charge in [0.25, 0.3) is 0 Å². The van der Waals surface area contributed by atoms with Crippen molar-refractivity contribution in [2.75, 3.05) is 0 Å². The van der Waals surface area contributed by atoms with E-state index in [2.05, 4.69) is 4.98 Å². The van der Waals surface area contributed by atoms with E-state index in [1.165, 1.54) is 0 Å². The van der Waals surface area contributed by atoms with Gasteiger partial charge in [0.05, 0.1) is 12.5 Å². The molecule has 74 valence electrons. The van der Waals surface area contributed by atoms with Crippen LogP contribution in [-0.2, 0) is 0 Å². The SMILES string of the molecule is Cc1ccc2c(C(=O)CC#N)c[nH]c2c1. The number of hydrogen-bond donors (Lipinski definition) is 1. The molecular weight excluding hydrogens is 188 g/mol. The molecule has 0 radical (unpaired) electrons. The van der Waals surface area contributed by atoms with Gasteiger partial charge in [0, 0.05) is 22.7 Å². The van der Waals surface area contributed by atoms with Crippen LogP contribution in [0.5, 0.6) is 0 Å². The van der Waals surface area contributed by atoms with Gasteiger partial charge >= 0.3 is 0 Å². The molecule has 0 saturated carbocycles. The summed E-state index contributed by atoms with van der Waals surface area (Å²) in [7, 11) is 0. The van der Waals surface area contributed by atoms with E-state index < -0.39 is 0 Å². The lowest BCUT2D eigenvalue weighted by atomic mass is 10.1. The minimum absolute atomic E-state index is 0.0686. The monoisotopic (exact) mass is 198 g/mol. The molecule has 0 bridgehead atoms.